The summed E-state index contributed by atoms with van der Waals surface area (Å²) in [5, 5.41) is 9.12. The SMILES string of the molecule is CCOC(=O)C1=C(C)N=c2s/c(=C/c3cc(Br)c(OCc4ccc(C(=O)O)cc4)c(OC)c3)c(=O)n2[C@H]1c1ccc(C)cc1. The number of esters is 1. The third-order valence-corrected chi connectivity index (χ3v) is 8.62. The van der Waals surface area contributed by atoms with E-state index in [1.165, 1.54) is 30.6 Å². The molecule has 44 heavy (non-hydrogen) atoms. The Labute approximate surface area is 265 Å². The molecule has 5 rings (SSSR count). The van der Waals surface area contributed by atoms with Gasteiger partial charge in [0, 0.05) is 0 Å². The number of halogens is 1. The Hall–Kier alpha value is -4.48. The topological polar surface area (TPSA) is 116 Å². The molecule has 2 heterocycles. The smallest absolute Gasteiger partial charge is 0.338 e. The van der Waals surface area contributed by atoms with Crippen LogP contribution < -0.4 is 24.4 Å². The Balaban J connectivity index is 1.53. The van der Waals surface area contributed by atoms with Crippen molar-refractivity contribution >= 4 is 45.3 Å². The van der Waals surface area contributed by atoms with E-state index in [1.807, 2.05) is 37.3 Å². The molecule has 0 aliphatic carbocycles. The highest BCUT2D eigenvalue weighted by Crippen LogP contribution is 2.37. The molecule has 11 heteroatoms. The largest absolute Gasteiger partial charge is 0.493 e. The zero-order valence-corrected chi connectivity index (χ0v) is 26.8. The number of aryl methyl sites for hydroxylation is 1. The molecule has 0 saturated carbocycles. The van der Waals surface area contributed by atoms with Gasteiger partial charge in [0.15, 0.2) is 16.3 Å². The molecule has 4 aromatic rings. The number of allylic oxidation sites excluding steroid dienone is 1. The molecule has 226 valence electrons. The van der Waals surface area contributed by atoms with Crippen molar-refractivity contribution < 1.29 is 28.9 Å². The van der Waals surface area contributed by atoms with Gasteiger partial charge in [-0.3, -0.25) is 9.36 Å². The van der Waals surface area contributed by atoms with Gasteiger partial charge < -0.3 is 19.3 Å². The predicted octanol–water partition coefficient (Wildman–Crippen LogP) is 5.16. The van der Waals surface area contributed by atoms with Gasteiger partial charge in [-0.2, -0.15) is 0 Å². The van der Waals surface area contributed by atoms with Crippen LogP contribution >= 0.6 is 27.3 Å². The molecular weight excluding hydrogens is 648 g/mol. The Morgan fingerprint density at radius 1 is 1.09 bits per heavy atom. The first kappa shape index (κ1) is 31.0. The number of thiazole rings is 1. The zero-order valence-electron chi connectivity index (χ0n) is 24.4. The van der Waals surface area contributed by atoms with E-state index >= 15 is 0 Å². The van der Waals surface area contributed by atoms with Crippen LogP contribution in [0.5, 0.6) is 11.5 Å². The van der Waals surface area contributed by atoms with Gasteiger partial charge in [0.2, 0.25) is 0 Å². The summed E-state index contributed by atoms with van der Waals surface area (Å²) in [6, 6.07) is 17.0. The van der Waals surface area contributed by atoms with Crippen molar-refractivity contribution in [2.45, 2.75) is 33.4 Å². The average Bonchev–Trinajstić information content (AvgIpc) is 3.30. The monoisotopic (exact) mass is 676 g/mol. The van der Waals surface area contributed by atoms with Crippen LogP contribution in [0.25, 0.3) is 6.08 Å². The normalized spacial score (nSPS) is 14.6. The Kier molecular flexibility index (Phi) is 9.17. The van der Waals surface area contributed by atoms with Gasteiger partial charge in [-0.05, 0) is 83.7 Å². The molecule has 0 fully saturated rings. The third-order valence-electron chi connectivity index (χ3n) is 7.04. The van der Waals surface area contributed by atoms with Gasteiger partial charge in [-0.1, -0.05) is 53.3 Å². The molecule has 1 N–H and O–H groups in total. The lowest BCUT2D eigenvalue weighted by molar-refractivity contribution is -0.139. The van der Waals surface area contributed by atoms with E-state index in [9.17, 15) is 14.4 Å². The maximum atomic E-state index is 13.9. The van der Waals surface area contributed by atoms with Gasteiger partial charge >= 0.3 is 11.9 Å². The first-order valence-corrected chi connectivity index (χ1v) is 15.3. The lowest BCUT2D eigenvalue weighted by atomic mass is 9.95. The number of fused-ring (bicyclic) bond motifs is 1. The maximum absolute atomic E-state index is 13.9. The minimum atomic E-state index is -0.995. The molecule has 0 spiro atoms. The Morgan fingerprint density at radius 3 is 2.43 bits per heavy atom. The molecule has 0 amide bonds. The van der Waals surface area contributed by atoms with Crippen molar-refractivity contribution in [2.75, 3.05) is 13.7 Å². The summed E-state index contributed by atoms with van der Waals surface area (Å²) < 4.78 is 19.6. The number of aromatic nitrogens is 1. The van der Waals surface area contributed by atoms with Gasteiger partial charge in [-0.15, -0.1) is 0 Å². The first-order chi connectivity index (χ1) is 21.1. The lowest BCUT2D eigenvalue weighted by Crippen LogP contribution is -2.39. The number of carboxylic acids is 1. The number of hydrogen-bond acceptors (Lipinski definition) is 8. The fraction of sp³-hybridized carbons (Fsp3) is 0.212. The van der Waals surface area contributed by atoms with Crippen molar-refractivity contribution in [2.24, 2.45) is 4.99 Å². The summed E-state index contributed by atoms with van der Waals surface area (Å²) in [4.78, 5) is 43.3. The fourth-order valence-electron chi connectivity index (χ4n) is 4.87. The van der Waals surface area contributed by atoms with E-state index in [0.29, 0.717) is 42.1 Å². The molecule has 0 unspecified atom stereocenters. The van der Waals surface area contributed by atoms with Crippen molar-refractivity contribution in [1.29, 1.82) is 0 Å². The van der Waals surface area contributed by atoms with E-state index in [-0.39, 0.29) is 24.3 Å². The second-order valence-electron chi connectivity index (χ2n) is 10.0. The second kappa shape index (κ2) is 13.0. The maximum Gasteiger partial charge on any atom is 0.338 e. The quantitative estimate of drug-likeness (QED) is 0.244. The van der Waals surface area contributed by atoms with Crippen LogP contribution in [0.1, 0.15) is 52.5 Å². The van der Waals surface area contributed by atoms with E-state index in [0.717, 1.165) is 16.7 Å². The van der Waals surface area contributed by atoms with Crippen LogP contribution in [0.4, 0.5) is 0 Å². The van der Waals surface area contributed by atoms with Crippen LogP contribution in [-0.4, -0.2) is 35.3 Å². The van der Waals surface area contributed by atoms with Crippen LogP contribution in [0.3, 0.4) is 0 Å². The molecule has 3 aromatic carbocycles. The molecule has 0 radical (unpaired) electrons. The summed E-state index contributed by atoms with van der Waals surface area (Å²) in [5.74, 6) is -0.596. The van der Waals surface area contributed by atoms with Crippen molar-refractivity contribution in [1.82, 2.24) is 4.57 Å². The van der Waals surface area contributed by atoms with Crippen LogP contribution in [-0.2, 0) is 16.1 Å². The molecule has 9 nitrogen and oxygen atoms in total. The zero-order chi connectivity index (χ0) is 31.5. The minimum absolute atomic E-state index is 0.188. The minimum Gasteiger partial charge on any atom is -0.493 e. The fourth-order valence-corrected chi connectivity index (χ4v) is 6.49. The van der Waals surface area contributed by atoms with Crippen molar-refractivity contribution in [3.05, 3.63) is 124 Å². The summed E-state index contributed by atoms with van der Waals surface area (Å²) >= 11 is 4.80. The molecular formula is C33H29BrN2O7S. The number of carbonyl (C=O) groups excluding carboxylic acids is 1. The number of methoxy groups -OCH3 is 1. The molecule has 1 atom stereocenters. The molecule has 1 aromatic heterocycles. The standard InChI is InChI=1S/C33H29BrN2O7S/c1-5-42-32(40)27-19(3)35-33-36(28(27)22-10-6-18(2)7-11-22)30(37)26(44-33)16-21-14-24(34)29(25(15-21)41-4)43-17-20-8-12-23(13-9-20)31(38)39/h6-16,28H,5,17H2,1-4H3,(H,38,39)/b26-16+/t28-/m0/s1. The van der Waals surface area contributed by atoms with Crippen LogP contribution in [0.2, 0.25) is 0 Å². The van der Waals surface area contributed by atoms with E-state index in [4.69, 9.17) is 19.3 Å². The van der Waals surface area contributed by atoms with Crippen LogP contribution in [0, 0.1) is 6.92 Å². The highest BCUT2D eigenvalue weighted by atomic mass is 79.9. The van der Waals surface area contributed by atoms with E-state index in [1.54, 1.807) is 42.7 Å². The third kappa shape index (κ3) is 6.24. The first-order valence-electron chi connectivity index (χ1n) is 13.7. The van der Waals surface area contributed by atoms with Gasteiger partial charge in [0.25, 0.3) is 5.56 Å². The summed E-state index contributed by atoms with van der Waals surface area (Å²) in [6.45, 7) is 5.86. The number of carbonyl (C=O) groups is 2. The Morgan fingerprint density at radius 2 is 1.80 bits per heavy atom. The van der Waals surface area contributed by atoms with Gasteiger partial charge in [0.05, 0.1) is 45.6 Å². The van der Waals surface area contributed by atoms with Gasteiger partial charge in [-0.25, -0.2) is 14.6 Å². The van der Waals surface area contributed by atoms with Crippen molar-refractivity contribution in [3.8, 4) is 11.5 Å². The summed E-state index contributed by atoms with van der Waals surface area (Å²) in [5.41, 5.74) is 4.06. The highest BCUT2D eigenvalue weighted by molar-refractivity contribution is 9.10. The number of carboxylic acid groups (broad SMARTS) is 1. The summed E-state index contributed by atoms with van der Waals surface area (Å²) in [6.07, 6.45) is 1.75. The number of hydrogen-bond donors (Lipinski definition) is 1. The number of rotatable bonds is 9. The molecule has 1 aliphatic heterocycles. The van der Waals surface area contributed by atoms with E-state index in [2.05, 4.69) is 20.9 Å². The van der Waals surface area contributed by atoms with Gasteiger partial charge in [0.1, 0.15) is 6.61 Å². The highest BCUT2D eigenvalue weighted by Gasteiger charge is 2.33. The Bertz CT molecular complexity index is 1960. The molecule has 1 aliphatic rings. The van der Waals surface area contributed by atoms with E-state index < -0.39 is 18.0 Å². The number of nitrogens with zero attached hydrogens (tertiary/aromatic N) is 2. The summed E-state index contributed by atoms with van der Waals surface area (Å²) in [7, 11) is 1.52. The number of aromatic carboxylic acids is 1. The average molecular weight is 678 g/mol. The lowest BCUT2D eigenvalue weighted by Gasteiger charge is -2.24. The van der Waals surface area contributed by atoms with Crippen molar-refractivity contribution in [3.63, 3.8) is 0 Å². The molecule has 0 bridgehead atoms. The second-order valence-corrected chi connectivity index (χ2v) is 11.9. The van der Waals surface area contributed by atoms with Crippen LogP contribution in [0.15, 0.2) is 86.2 Å². The number of ether oxygens (including phenoxy) is 3. The molecule has 0 saturated heterocycles. The predicted molar refractivity (Wildman–Crippen MR) is 170 cm³/mol. The number of benzene rings is 3.